The van der Waals surface area contributed by atoms with E-state index in [4.69, 9.17) is 9.47 Å². The molecule has 1 rings (SSSR count). The number of carbonyl (C=O) groups excluding carboxylic acids is 2. The largest absolute Gasteiger partial charge is 0.466 e. The van der Waals surface area contributed by atoms with Gasteiger partial charge in [0.15, 0.2) is 0 Å². The molecule has 1 unspecified atom stereocenters. The molecule has 0 radical (unpaired) electrons. The summed E-state index contributed by atoms with van der Waals surface area (Å²) < 4.78 is 10.5. The van der Waals surface area contributed by atoms with Gasteiger partial charge in [0.25, 0.3) is 0 Å². The van der Waals surface area contributed by atoms with Gasteiger partial charge in [-0.05, 0) is 47.0 Å². The van der Waals surface area contributed by atoms with E-state index in [0.717, 1.165) is 19.3 Å². The van der Waals surface area contributed by atoms with Crippen LogP contribution in [0.25, 0.3) is 0 Å². The Morgan fingerprint density at radius 2 is 1.85 bits per heavy atom. The van der Waals surface area contributed by atoms with E-state index in [2.05, 4.69) is 0 Å². The minimum atomic E-state index is -0.522. The number of rotatable bonds is 3. The number of carbonyl (C=O) groups is 2. The van der Waals surface area contributed by atoms with E-state index in [1.165, 1.54) is 0 Å². The Morgan fingerprint density at radius 3 is 2.35 bits per heavy atom. The maximum absolute atomic E-state index is 12.3. The van der Waals surface area contributed by atoms with Crippen LogP contribution in [0.2, 0.25) is 0 Å². The van der Waals surface area contributed by atoms with Crippen LogP contribution >= 0.6 is 0 Å². The van der Waals surface area contributed by atoms with Crippen molar-refractivity contribution in [3.8, 4) is 0 Å². The second-order valence-corrected chi connectivity index (χ2v) is 6.22. The van der Waals surface area contributed by atoms with Gasteiger partial charge in [-0.2, -0.15) is 0 Å². The highest BCUT2D eigenvalue weighted by Gasteiger charge is 2.36. The average Bonchev–Trinajstić information content (AvgIpc) is 2.36. The van der Waals surface area contributed by atoms with Crippen LogP contribution in [0.15, 0.2) is 0 Å². The number of ether oxygens (including phenoxy) is 2. The lowest BCUT2D eigenvalue weighted by atomic mass is 9.92. The van der Waals surface area contributed by atoms with Crippen molar-refractivity contribution in [3.63, 3.8) is 0 Å². The molecular formula is C15H27NO4. The smallest absolute Gasteiger partial charge is 0.410 e. The van der Waals surface area contributed by atoms with Gasteiger partial charge in [-0.3, -0.25) is 4.79 Å². The predicted molar refractivity (Wildman–Crippen MR) is 76.4 cm³/mol. The van der Waals surface area contributed by atoms with Crippen LogP contribution < -0.4 is 0 Å². The average molecular weight is 285 g/mol. The van der Waals surface area contributed by atoms with Crippen LogP contribution in [0, 0.1) is 5.92 Å². The molecule has 0 saturated carbocycles. The number of esters is 1. The maximum Gasteiger partial charge on any atom is 0.410 e. The third kappa shape index (κ3) is 4.69. The van der Waals surface area contributed by atoms with Gasteiger partial charge >= 0.3 is 12.1 Å². The summed E-state index contributed by atoms with van der Waals surface area (Å²) in [4.78, 5) is 25.8. The van der Waals surface area contributed by atoms with Gasteiger partial charge in [0.1, 0.15) is 5.60 Å². The Balaban J connectivity index is 2.73. The molecule has 5 nitrogen and oxygen atoms in total. The van der Waals surface area contributed by atoms with Crippen LogP contribution in [0.3, 0.4) is 0 Å². The van der Waals surface area contributed by atoms with Gasteiger partial charge < -0.3 is 14.4 Å². The molecular weight excluding hydrogens is 258 g/mol. The Hall–Kier alpha value is -1.26. The van der Waals surface area contributed by atoms with Crippen molar-refractivity contribution in [1.82, 2.24) is 4.90 Å². The normalized spacial score (nSPS) is 23.4. The molecule has 0 N–H and O–H groups in total. The minimum absolute atomic E-state index is 0.149. The second-order valence-electron chi connectivity index (χ2n) is 6.22. The molecule has 0 spiro atoms. The molecule has 116 valence electrons. The molecule has 1 amide bonds. The molecule has 1 aliphatic rings. The molecule has 1 fully saturated rings. The van der Waals surface area contributed by atoms with Gasteiger partial charge in [0.05, 0.1) is 12.5 Å². The van der Waals surface area contributed by atoms with Crippen molar-refractivity contribution in [2.24, 2.45) is 5.92 Å². The Kier molecular flexibility index (Phi) is 5.84. The summed E-state index contributed by atoms with van der Waals surface area (Å²) >= 11 is 0. The first kappa shape index (κ1) is 16.8. The van der Waals surface area contributed by atoms with E-state index in [9.17, 15) is 9.59 Å². The van der Waals surface area contributed by atoms with Crippen molar-refractivity contribution >= 4 is 12.1 Å². The summed E-state index contributed by atoms with van der Waals surface area (Å²) in [6.45, 7) is 10.1. The summed E-state index contributed by atoms with van der Waals surface area (Å²) in [5.74, 6) is -0.444. The van der Waals surface area contributed by atoms with Crippen LogP contribution in [-0.4, -0.2) is 41.8 Å². The van der Waals surface area contributed by atoms with Crippen LogP contribution in [0.4, 0.5) is 4.79 Å². The number of likely N-dealkylation sites (tertiary alicyclic amines) is 1. The lowest BCUT2D eigenvalue weighted by molar-refractivity contribution is -0.150. The molecule has 0 aromatic carbocycles. The third-order valence-electron chi connectivity index (χ3n) is 3.43. The fraction of sp³-hybridized carbons (Fsp3) is 0.867. The van der Waals surface area contributed by atoms with Crippen LogP contribution in [0.1, 0.15) is 53.9 Å². The van der Waals surface area contributed by atoms with E-state index in [1.54, 1.807) is 11.8 Å². The predicted octanol–water partition coefficient (Wildman–Crippen LogP) is 2.98. The molecule has 1 saturated heterocycles. The van der Waals surface area contributed by atoms with Crippen molar-refractivity contribution in [2.45, 2.75) is 65.5 Å². The summed E-state index contributed by atoms with van der Waals surface area (Å²) in [6.07, 6.45) is 2.13. The summed E-state index contributed by atoms with van der Waals surface area (Å²) in [7, 11) is 0. The molecule has 0 aromatic rings. The number of nitrogens with zero attached hydrogens (tertiary/aromatic N) is 1. The molecule has 20 heavy (non-hydrogen) atoms. The zero-order valence-electron chi connectivity index (χ0n) is 13.3. The highest BCUT2D eigenvalue weighted by Crippen LogP contribution is 2.26. The van der Waals surface area contributed by atoms with Crippen molar-refractivity contribution in [2.75, 3.05) is 13.2 Å². The number of amides is 1. The van der Waals surface area contributed by atoms with E-state index in [-0.39, 0.29) is 24.0 Å². The molecule has 0 aliphatic carbocycles. The first-order chi connectivity index (χ1) is 9.28. The fourth-order valence-corrected chi connectivity index (χ4v) is 2.45. The van der Waals surface area contributed by atoms with Crippen LogP contribution in [0.5, 0.6) is 0 Å². The molecule has 0 bridgehead atoms. The van der Waals surface area contributed by atoms with E-state index < -0.39 is 5.60 Å². The molecule has 5 heteroatoms. The Bertz CT molecular complexity index is 348. The van der Waals surface area contributed by atoms with Gasteiger partial charge in [-0.25, -0.2) is 4.79 Å². The van der Waals surface area contributed by atoms with Crippen molar-refractivity contribution in [1.29, 1.82) is 0 Å². The summed E-state index contributed by atoms with van der Waals surface area (Å²) in [5.41, 5.74) is -0.522. The first-order valence-corrected chi connectivity index (χ1v) is 7.44. The van der Waals surface area contributed by atoms with Gasteiger partial charge in [0.2, 0.25) is 0 Å². The fourth-order valence-electron chi connectivity index (χ4n) is 2.45. The zero-order valence-corrected chi connectivity index (χ0v) is 13.3. The number of hydrogen-bond donors (Lipinski definition) is 0. The summed E-state index contributed by atoms with van der Waals surface area (Å²) in [6, 6.07) is 0.149. The van der Waals surface area contributed by atoms with Crippen LogP contribution in [-0.2, 0) is 14.3 Å². The number of hydrogen-bond acceptors (Lipinski definition) is 4. The third-order valence-corrected chi connectivity index (χ3v) is 3.43. The maximum atomic E-state index is 12.3. The first-order valence-electron chi connectivity index (χ1n) is 7.44. The quantitative estimate of drug-likeness (QED) is 0.748. The van der Waals surface area contributed by atoms with Crippen molar-refractivity contribution < 1.29 is 19.1 Å². The molecule has 0 aromatic heterocycles. The lowest BCUT2D eigenvalue weighted by Gasteiger charge is -2.39. The highest BCUT2D eigenvalue weighted by molar-refractivity contribution is 5.75. The van der Waals surface area contributed by atoms with E-state index >= 15 is 0 Å². The lowest BCUT2D eigenvalue weighted by Crippen LogP contribution is -2.50. The topological polar surface area (TPSA) is 55.8 Å². The molecule has 2 atom stereocenters. The standard InChI is InChI=1S/C15H27NO4/c1-6-12-9-8-11(13(17)19-7-2)10-16(12)14(18)20-15(3,4)5/h11-12H,6-10H2,1-5H3/t11-,12?/m1/s1. The number of piperidine rings is 1. The SMILES string of the molecule is CCOC(=O)[C@@H]1CCC(CC)N(C(=O)OC(C)(C)C)C1. The Morgan fingerprint density at radius 1 is 1.20 bits per heavy atom. The van der Waals surface area contributed by atoms with Gasteiger partial charge in [-0.1, -0.05) is 6.92 Å². The second kappa shape index (κ2) is 6.95. The van der Waals surface area contributed by atoms with E-state index in [1.807, 2.05) is 27.7 Å². The van der Waals surface area contributed by atoms with E-state index in [0.29, 0.717) is 13.2 Å². The van der Waals surface area contributed by atoms with Gasteiger partial charge in [0, 0.05) is 12.6 Å². The van der Waals surface area contributed by atoms with Gasteiger partial charge in [-0.15, -0.1) is 0 Å². The highest BCUT2D eigenvalue weighted by atomic mass is 16.6. The van der Waals surface area contributed by atoms with Crippen molar-refractivity contribution in [3.05, 3.63) is 0 Å². The monoisotopic (exact) mass is 285 g/mol. The zero-order chi connectivity index (χ0) is 15.3. The Labute approximate surface area is 121 Å². The summed E-state index contributed by atoms with van der Waals surface area (Å²) in [5, 5.41) is 0. The minimum Gasteiger partial charge on any atom is -0.466 e. The molecule has 1 heterocycles. The molecule has 1 aliphatic heterocycles.